The fourth-order valence-electron chi connectivity index (χ4n) is 1.82. The number of rotatable bonds is 1. The molecule has 0 aromatic heterocycles. The Balaban J connectivity index is 2.27. The van der Waals surface area contributed by atoms with Gasteiger partial charge in [-0.25, -0.2) is 0 Å². The summed E-state index contributed by atoms with van der Waals surface area (Å²) in [4.78, 5) is 4.56. The molecular weight excluding hydrogens is 184 g/mol. The van der Waals surface area contributed by atoms with Crippen molar-refractivity contribution in [3.05, 3.63) is 35.4 Å². The van der Waals surface area contributed by atoms with E-state index in [4.69, 9.17) is 5.26 Å². The Hall–Kier alpha value is -1.62. The summed E-state index contributed by atoms with van der Waals surface area (Å²) in [5.74, 6) is 0.702. The molecule has 2 nitrogen and oxygen atoms in total. The van der Waals surface area contributed by atoms with Crippen LogP contribution in [0.3, 0.4) is 0 Å². The van der Waals surface area contributed by atoms with E-state index >= 15 is 0 Å². The Bertz CT molecular complexity index is 426. The Labute approximate surface area is 90.3 Å². The van der Waals surface area contributed by atoms with E-state index in [0.29, 0.717) is 11.5 Å². The third-order valence-electron chi connectivity index (χ3n) is 2.79. The van der Waals surface area contributed by atoms with Crippen LogP contribution >= 0.6 is 0 Å². The number of nitriles is 1. The lowest BCUT2D eigenvalue weighted by Gasteiger charge is -2.17. The quantitative estimate of drug-likeness (QED) is 0.683. The summed E-state index contributed by atoms with van der Waals surface area (Å²) in [5, 5.41) is 8.81. The van der Waals surface area contributed by atoms with Crippen LogP contribution in [0.2, 0.25) is 0 Å². The molecule has 1 aliphatic heterocycles. The number of aliphatic imine (C=N–C) groups is 1. The van der Waals surface area contributed by atoms with Gasteiger partial charge in [0.25, 0.3) is 0 Å². The van der Waals surface area contributed by atoms with Crippen molar-refractivity contribution in [1.82, 2.24) is 0 Å². The second kappa shape index (κ2) is 4.27. The predicted molar refractivity (Wildman–Crippen MR) is 61.0 cm³/mol. The zero-order valence-electron chi connectivity index (χ0n) is 8.90. The molecule has 76 valence electrons. The molecule has 1 aromatic carbocycles. The molecule has 1 heterocycles. The molecule has 1 atom stereocenters. The summed E-state index contributed by atoms with van der Waals surface area (Å²) in [7, 11) is 0. The first kappa shape index (κ1) is 9.92. The van der Waals surface area contributed by atoms with E-state index in [1.165, 1.54) is 6.42 Å². The van der Waals surface area contributed by atoms with E-state index in [1.807, 2.05) is 24.3 Å². The normalized spacial score (nSPS) is 20.5. The van der Waals surface area contributed by atoms with Crippen LogP contribution in [0.25, 0.3) is 0 Å². The summed E-state index contributed by atoms with van der Waals surface area (Å²) < 4.78 is 0. The standard InChI is InChI=1S/C13H14N2/c1-10-5-6-13(15-9-10)12-4-2-3-11(7-12)8-14/h2-4,7,10H,5-6,9H2,1H3. The molecule has 1 aromatic rings. The summed E-state index contributed by atoms with van der Waals surface area (Å²) in [6, 6.07) is 9.88. The minimum atomic E-state index is 0.702. The van der Waals surface area contributed by atoms with Gasteiger partial charge in [-0.2, -0.15) is 5.26 Å². The maximum absolute atomic E-state index is 8.81. The highest BCUT2D eigenvalue weighted by atomic mass is 14.8. The maximum atomic E-state index is 8.81. The van der Waals surface area contributed by atoms with Gasteiger partial charge in [0.1, 0.15) is 0 Å². The predicted octanol–water partition coefficient (Wildman–Crippen LogP) is 2.78. The van der Waals surface area contributed by atoms with Gasteiger partial charge < -0.3 is 0 Å². The summed E-state index contributed by atoms with van der Waals surface area (Å²) >= 11 is 0. The van der Waals surface area contributed by atoms with Gasteiger partial charge in [-0.05, 0) is 36.5 Å². The molecule has 0 fully saturated rings. The van der Waals surface area contributed by atoms with Gasteiger partial charge in [-0.1, -0.05) is 19.1 Å². The van der Waals surface area contributed by atoms with Gasteiger partial charge in [0.15, 0.2) is 0 Å². The van der Waals surface area contributed by atoms with E-state index in [-0.39, 0.29) is 0 Å². The minimum absolute atomic E-state index is 0.702. The Morgan fingerprint density at radius 3 is 3.00 bits per heavy atom. The average Bonchev–Trinajstić information content (AvgIpc) is 2.30. The zero-order valence-corrected chi connectivity index (χ0v) is 8.90. The fourth-order valence-corrected chi connectivity index (χ4v) is 1.82. The largest absolute Gasteiger partial charge is 0.289 e. The molecule has 0 spiro atoms. The SMILES string of the molecule is CC1CCC(c2cccc(C#N)c2)=NC1. The first-order chi connectivity index (χ1) is 7.29. The molecule has 2 rings (SSSR count). The molecule has 1 aliphatic rings. The van der Waals surface area contributed by atoms with E-state index in [9.17, 15) is 0 Å². The summed E-state index contributed by atoms with van der Waals surface area (Å²) in [6.45, 7) is 3.15. The van der Waals surface area contributed by atoms with Crippen LogP contribution < -0.4 is 0 Å². The molecule has 0 amide bonds. The van der Waals surface area contributed by atoms with Crippen molar-refractivity contribution in [2.24, 2.45) is 10.9 Å². The van der Waals surface area contributed by atoms with Crippen LogP contribution in [-0.2, 0) is 0 Å². The smallest absolute Gasteiger partial charge is 0.0991 e. The van der Waals surface area contributed by atoms with Gasteiger partial charge >= 0.3 is 0 Å². The third-order valence-corrected chi connectivity index (χ3v) is 2.79. The lowest BCUT2D eigenvalue weighted by molar-refractivity contribution is 0.538. The lowest BCUT2D eigenvalue weighted by atomic mass is 9.95. The van der Waals surface area contributed by atoms with Crippen LogP contribution in [0.1, 0.15) is 30.9 Å². The van der Waals surface area contributed by atoms with Crippen LogP contribution in [0.15, 0.2) is 29.3 Å². The van der Waals surface area contributed by atoms with Crippen LogP contribution in [0, 0.1) is 17.2 Å². The minimum Gasteiger partial charge on any atom is -0.289 e. The highest BCUT2D eigenvalue weighted by Crippen LogP contribution is 2.18. The van der Waals surface area contributed by atoms with E-state index < -0.39 is 0 Å². The number of nitrogens with zero attached hydrogens (tertiary/aromatic N) is 2. The second-order valence-corrected chi connectivity index (χ2v) is 4.12. The lowest BCUT2D eigenvalue weighted by Crippen LogP contribution is -2.14. The molecule has 0 radical (unpaired) electrons. The molecule has 2 heteroatoms. The van der Waals surface area contributed by atoms with E-state index in [1.54, 1.807) is 0 Å². The van der Waals surface area contributed by atoms with Gasteiger partial charge in [-0.15, -0.1) is 0 Å². The second-order valence-electron chi connectivity index (χ2n) is 4.12. The van der Waals surface area contributed by atoms with Crippen molar-refractivity contribution in [3.8, 4) is 6.07 Å². The Kier molecular flexibility index (Phi) is 2.82. The van der Waals surface area contributed by atoms with Crippen molar-refractivity contribution in [1.29, 1.82) is 5.26 Å². The average molecular weight is 198 g/mol. The van der Waals surface area contributed by atoms with Gasteiger partial charge in [-0.3, -0.25) is 4.99 Å². The van der Waals surface area contributed by atoms with Gasteiger partial charge in [0.05, 0.1) is 11.6 Å². The number of hydrogen-bond donors (Lipinski definition) is 0. The molecular formula is C13H14N2. The van der Waals surface area contributed by atoms with E-state index in [2.05, 4.69) is 18.0 Å². The molecule has 15 heavy (non-hydrogen) atoms. The Morgan fingerprint density at radius 2 is 2.33 bits per heavy atom. The van der Waals surface area contributed by atoms with E-state index in [0.717, 1.165) is 24.2 Å². The Morgan fingerprint density at radius 1 is 1.47 bits per heavy atom. The zero-order chi connectivity index (χ0) is 10.7. The van der Waals surface area contributed by atoms with Crippen LogP contribution in [0.5, 0.6) is 0 Å². The first-order valence-electron chi connectivity index (χ1n) is 5.33. The molecule has 1 unspecified atom stereocenters. The van der Waals surface area contributed by atoms with Crippen molar-refractivity contribution in [2.45, 2.75) is 19.8 Å². The molecule has 0 N–H and O–H groups in total. The van der Waals surface area contributed by atoms with Crippen molar-refractivity contribution >= 4 is 5.71 Å². The molecule has 0 bridgehead atoms. The van der Waals surface area contributed by atoms with Gasteiger partial charge in [0, 0.05) is 12.3 Å². The fraction of sp³-hybridized carbons (Fsp3) is 0.385. The van der Waals surface area contributed by atoms with Crippen LogP contribution in [-0.4, -0.2) is 12.3 Å². The topological polar surface area (TPSA) is 36.1 Å². The first-order valence-corrected chi connectivity index (χ1v) is 5.33. The third kappa shape index (κ3) is 2.24. The van der Waals surface area contributed by atoms with Gasteiger partial charge in [0.2, 0.25) is 0 Å². The van der Waals surface area contributed by atoms with Crippen molar-refractivity contribution < 1.29 is 0 Å². The van der Waals surface area contributed by atoms with Crippen molar-refractivity contribution in [2.75, 3.05) is 6.54 Å². The number of benzene rings is 1. The molecule has 0 saturated heterocycles. The van der Waals surface area contributed by atoms with Crippen LogP contribution in [0.4, 0.5) is 0 Å². The number of hydrogen-bond acceptors (Lipinski definition) is 2. The highest BCUT2D eigenvalue weighted by Gasteiger charge is 2.12. The maximum Gasteiger partial charge on any atom is 0.0991 e. The monoisotopic (exact) mass is 198 g/mol. The molecule has 0 saturated carbocycles. The summed E-state index contributed by atoms with van der Waals surface area (Å²) in [5.41, 5.74) is 2.99. The van der Waals surface area contributed by atoms with Crippen molar-refractivity contribution in [3.63, 3.8) is 0 Å². The highest BCUT2D eigenvalue weighted by molar-refractivity contribution is 6.01. The molecule has 0 aliphatic carbocycles. The summed E-state index contributed by atoms with van der Waals surface area (Å²) in [6.07, 6.45) is 2.24.